The van der Waals surface area contributed by atoms with E-state index in [1.165, 1.54) is 28.1 Å². The molecule has 2 saturated heterocycles. The summed E-state index contributed by atoms with van der Waals surface area (Å²) in [5.41, 5.74) is 11.6. The molecule has 21 nitrogen and oxygen atoms in total. The van der Waals surface area contributed by atoms with Crippen molar-refractivity contribution in [1.82, 2.24) is 39.0 Å². The summed E-state index contributed by atoms with van der Waals surface area (Å²) in [5, 5.41) is 10.2. The fourth-order valence-electron chi connectivity index (χ4n) is 5.76. The summed E-state index contributed by atoms with van der Waals surface area (Å²) in [6.07, 6.45) is -3.23. The van der Waals surface area contributed by atoms with Gasteiger partial charge in [0.2, 0.25) is 5.95 Å². The number of rotatable bonds is 9. The van der Waals surface area contributed by atoms with Crippen molar-refractivity contribution in [2.24, 2.45) is 11.8 Å². The van der Waals surface area contributed by atoms with Gasteiger partial charge in [0, 0.05) is 16.4 Å². The van der Waals surface area contributed by atoms with Crippen molar-refractivity contribution >= 4 is 50.2 Å². The second kappa shape index (κ2) is 10.6. The summed E-state index contributed by atoms with van der Waals surface area (Å²) in [6, 6.07) is 0. The second-order valence-corrected chi connectivity index (χ2v) is 12.6. The number of nitrogens with two attached hydrogens (primary N) is 2. The number of aliphatic hydroxyl groups excluding tert-OH is 1. The maximum absolute atomic E-state index is 13.2. The third kappa shape index (κ3) is 4.87. The highest BCUT2D eigenvalue weighted by Gasteiger charge is 2.66. The number of imidazole rings is 2. The van der Waals surface area contributed by atoms with Gasteiger partial charge in [-0.05, 0) is 0 Å². The van der Waals surface area contributed by atoms with E-state index in [-0.39, 0.29) is 22.9 Å². The molecule has 0 amide bonds. The molecular weight excluding hydrogens is 630 g/mol. The minimum Gasteiger partial charge on any atom is -0.390 e. The highest BCUT2D eigenvalue weighted by atomic mass is 31.2. The van der Waals surface area contributed by atoms with E-state index in [0.717, 1.165) is 0 Å². The molecule has 3 aliphatic rings. The molecule has 11 atom stereocenters. The van der Waals surface area contributed by atoms with E-state index in [4.69, 9.17) is 34.5 Å². The number of phosphoric ester groups is 1. The summed E-state index contributed by atoms with van der Waals surface area (Å²) >= 11 is 0. The lowest BCUT2D eigenvalue weighted by molar-refractivity contribution is -0.0735. The van der Waals surface area contributed by atoms with Crippen LogP contribution < -0.4 is 17.0 Å². The van der Waals surface area contributed by atoms with Crippen LogP contribution >= 0.6 is 16.1 Å². The number of hydrogen-bond acceptors (Lipinski definition) is 16. The minimum absolute atomic E-state index is 0.0332. The molecule has 0 aromatic carbocycles. The van der Waals surface area contributed by atoms with E-state index in [0.29, 0.717) is 11.2 Å². The molecule has 234 valence electrons. The molecular formula is C21H25N10O11P2+. The molecule has 23 heteroatoms. The van der Waals surface area contributed by atoms with Crippen LogP contribution in [0.15, 0.2) is 23.8 Å². The van der Waals surface area contributed by atoms with Gasteiger partial charge in [-0.2, -0.15) is 4.98 Å². The van der Waals surface area contributed by atoms with Gasteiger partial charge in [-0.3, -0.25) is 28.0 Å². The summed E-state index contributed by atoms with van der Waals surface area (Å²) in [6.45, 7) is 1.07. The van der Waals surface area contributed by atoms with Crippen molar-refractivity contribution in [3.63, 3.8) is 0 Å². The molecule has 0 spiro atoms. The van der Waals surface area contributed by atoms with Crippen LogP contribution in [-0.4, -0.2) is 91.1 Å². The molecule has 8 N–H and O–H groups in total. The van der Waals surface area contributed by atoms with Crippen LogP contribution in [0.25, 0.3) is 22.3 Å². The molecule has 4 aromatic rings. The summed E-state index contributed by atoms with van der Waals surface area (Å²) in [4.78, 5) is 55.2. The summed E-state index contributed by atoms with van der Waals surface area (Å²) < 4.78 is 55.6. The molecule has 4 aromatic heterocycles. The molecule has 4 unspecified atom stereocenters. The SMILES string of the molecule is C[C@@H]1[C@H](O[P+](=O)O)[C@@H](COP(=O)(O)O[C@@H]2C3C(O)[C@H]3O[C@H]2n2cnc3c(=O)[nH]c(N)nc32)O[C@H]1n1cnc2c(N)ncnc21. The number of aliphatic hydroxyl groups is 1. The van der Waals surface area contributed by atoms with Crippen molar-refractivity contribution in [1.29, 1.82) is 0 Å². The summed E-state index contributed by atoms with van der Waals surface area (Å²) in [5.74, 6) is -1.36. The van der Waals surface area contributed by atoms with Gasteiger partial charge < -0.3 is 30.9 Å². The number of H-pyrrole nitrogens is 1. The maximum atomic E-state index is 13.2. The van der Waals surface area contributed by atoms with E-state index in [9.17, 15) is 28.8 Å². The van der Waals surface area contributed by atoms with E-state index in [1.807, 2.05) is 0 Å². The van der Waals surface area contributed by atoms with Crippen LogP contribution in [0.5, 0.6) is 0 Å². The highest BCUT2D eigenvalue weighted by molar-refractivity contribution is 7.47. The molecule has 2 aliphatic heterocycles. The van der Waals surface area contributed by atoms with Crippen molar-refractivity contribution in [3.05, 3.63) is 29.3 Å². The van der Waals surface area contributed by atoms with Gasteiger partial charge in [-0.25, -0.2) is 24.5 Å². The molecule has 1 aliphatic carbocycles. The van der Waals surface area contributed by atoms with Crippen LogP contribution in [0.2, 0.25) is 0 Å². The number of hydrogen-bond donors (Lipinski definition) is 6. The number of nitrogens with one attached hydrogen (secondary N) is 1. The first-order valence-corrected chi connectivity index (χ1v) is 15.7. The zero-order valence-electron chi connectivity index (χ0n) is 22.4. The first kappa shape index (κ1) is 29.2. The number of nitrogen functional groups attached to an aromatic ring is 2. The van der Waals surface area contributed by atoms with Crippen LogP contribution in [0, 0.1) is 11.8 Å². The monoisotopic (exact) mass is 655 g/mol. The van der Waals surface area contributed by atoms with Gasteiger partial charge in [-0.15, -0.1) is 9.42 Å². The summed E-state index contributed by atoms with van der Waals surface area (Å²) in [7, 11) is -8.01. The van der Waals surface area contributed by atoms with Gasteiger partial charge in [0.1, 0.15) is 30.3 Å². The number of aromatic nitrogens is 8. The minimum atomic E-state index is -4.92. The molecule has 0 radical (unpaired) electrons. The lowest BCUT2D eigenvalue weighted by Gasteiger charge is -2.26. The van der Waals surface area contributed by atoms with Crippen molar-refractivity contribution in [2.75, 3.05) is 18.1 Å². The lowest BCUT2D eigenvalue weighted by Crippen LogP contribution is -2.32. The largest absolute Gasteiger partial charge is 0.695 e. The fourth-order valence-corrected chi connectivity index (χ4v) is 7.24. The van der Waals surface area contributed by atoms with Crippen molar-refractivity contribution in [3.8, 4) is 0 Å². The van der Waals surface area contributed by atoms with Crippen LogP contribution in [0.4, 0.5) is 11.8 Å². The van der Waals surface area contributed by atoms with Gasteiger partial charge in [0.25, 0.3) is 5.56 Å². The average molecular weight is 655 g/mol. The van der Waals surface area contributed by atoms with E-state index in [2.05, 4.69) is 29.9 Å². The molecule has 44 heavy (non-hydrogen) atoms. The van der Waals surface area contributed by atoms with Gasteiger partial charge in [0.05, 0.1) is 31.5 Å². The van der Waals surface area contributed by atoms with Crippen molar-refractivity contribution in [2.45, 2.75) is 49.9 Å². The molecule has 1 saturated carbocycles. The number of nitrogens with zero attached hydrogens (tertiary/aromatic N) is 7. The maximum Gasteiger partial charge on any atom is 0.695 e. The Balaban J connectivity index is 1.10. The normalized spacial score (nSPS) is 33.1. The third-order valence-corrected chi connectivity index (χ3v) is 9.24. The first-order chi connectivity index (χ1) is 20.9. The van der Waals surface area contributed by atoms with Gasteiger partial charge >= 0.3 is 16.1 Å². The second-order valence-electron chi connectivity index (χ2n) is 10.5. The Morgan fingerprint density at radius 1 is 1.09 bits per heavy atom. The molecule has 3 fully saturated rings. The number of ether oxygens (including phenoxy) is 2. The Hall–Kier alpha value is -3.49. The van der Waals surface area contributed by atoms with Gasteiger partial charge in [-0.1, -0.05) is 6.92 Å². The Kier molecular flexibility index (Phi) is 7.01. The predicted octanol–water partition coefficient (Wildman–Crippen LogP) is -0.917. The number of phosphoric acid groups is 1. The van der Waals surface area contributed by atoms with Gasteiger partial charge in [0.15, 0.2) is 35.0 Å². The standard InChI is InChI=1S/C21H24N10O11P2/c1-6-12(41-43(34)35)7(39-19(6)30-4-26-9-15(22)24-3-25-16(9)30)2-38-44(36,37)42-14-8-11(32)13(8)40-20(14)31-5-27-10-17(31)28-21(23)29-18(10)33/h3-8,11-14,19-20,32H,2H2,1H3,(H6-,22,23,24,25,28,29,33,34,35,36,37)/p+1/t6-,7-,8?,11?,12+,13+,14-,19-,20-/m1/s1. The average Bonchev–Trinajstić information content (AvgIpc) is 3.43. The Bertz CT molecular complexity index is 1880. The predicted molar refractivity (Wildman–Crippen MR) is 144 cm³/mol. The Morgan fingerprint density at radius 3 is 2.57 bits per heavy atom. The number of fused-ring (bicyclic) bond motifs is 3. The van der Waals surface area contributed by atoms with Crippen LogP contribution in [0.1, 0.15) is 19.4 Å². The zero-order chi connectivity index (χ0) is 31.1. The third-order valence-electron chi connectivity index (χ3n) is 7.83. The van der Waals surface area contributed by atoms with E-state index < -0.39 is 83.1 Å². The van der Waals surface area contributed by atoms with Crippen molar-refractivity contribution < 1.29 is 47.1 Å². The smallest absolute Gasteiger partial charge is 0.390 e. The van der Waals surface area contributed by atoms with Crippen LogP contribution in [-0.2, 0) is 32.2 Å². The molecule has 0 bridgehead atoms. The topological polar surface area (TPSA) is 300 Å². The first-order valence-electron chi connectivity index (χ1n) is 13.1. The zero-order valence-corrected chi connectivity index (χ0v) is 24.2. The highest BCUT2D eigenvalue weighted by Crippen LogP contribution is 2.58. The number of aromatic amines is 1. The Labute approximate surface area is 245 Å². The fraction of sp³-hybridized carbons (Fsp3) is 0.524. The molecule has 6 heterocycles. The van der Waals surface area contributed by atoms with E-state index >= 15 is 0 Å². The lowest BCUT2D eigenvalue weighted by atomic mass is 10.0. The van der Waals surface area contributed by atoms with E-state index in [1.54, 1.807) is 6.92 Å². The quantitative estimate of drug-likeness (QED) is 0.119. The Morgan fingerprint density at radius 2 is 1.82 bits per heavy atom. The number of anilines is 2. The van der Waals surface area contributed by atoms with Crippen LogP contribution in [0.3, 0.4) is 0 Å². The molecule has 7 rings (SSSR count).